The minimum atomic E-state index is 0.421. The van der Waals surface area contributed by atoms with Crippen molar-refractivity contribution in [1.29, 1.82) is 0 Å². The van der Waals surface area contributed by atoms with Gasteiger partial charge in [-0.1, -0.05) is 11.6 Å². The van der Waals surface area contributed by atoms with Crippen LogP contribution in [0.1, 0.15) is 5.56 Å². The Labute approximate surface area is 126 Å². The van der Waals surface area contributed by atoms with Crippen LogP contribution in [0, 0.1) is 0 Å². The van der Waals surface area contributed by atoms with Crippen molar-refractivity contribution in [1.82, 2.24) is 9.97 Å². The number of hydrogen-bond donors (Lipinski definition) is 1. The third kappa shape index (κ3) is 3.08. The second-order valence-electron chi connectivity index (χ2n) is 4.53. The number of hydrogen-bond acceptors (Lipinski definition) is 5. The Morgan fingerprint density at radius 2 is 2.19 bits per heavy atom. The van der Waals surface area contributed by atoms with E-state index >= 15 is 0 Å². The van der Waals surface area contributed by atoms with Crippen LogP contribution in [0.2, 0.25) is 5.15 Å². The Bertz CT molecular complexity index is 758. The number of anilines is 1. The molecule has 0 aliphatic heterocycles. The second kappa shape index (κ2) is 6.01. The highest BCUT2D eigenvalue weighted by atomic mass is 35.5. The minimum absolute atomic E-state index is 0.421. The Morgan fingerprint density at radius 1 is 1.29 bits per heavy atom. The van der Waals surface area contributed by atoms with Gasteiger partial charge in [-0.25, -0.2) is 9.97 Å². The van der Waals surface area contributed by atoms with E-state index in [9.17, 15) is 0 Å². The van der Waals surface area contributed by atoms with Crippen molar-refractivity contribution < 1.29 is 9.15 Å². The first-order chi connectivity index (χ1) is 10.3. The molecule has 0 saturated carbocycles. The molecule has 0 radical (unpaired) electrons. The van der Waals surface area contributed by atoms with Gasteiger partial charge in [0.05, 0.1) is 13.4 Å². The molecule has 6 heteroatoms. The molecule has 5 nitrogen and oxygen atoms in total. The molecule has 0 fully saturated rings. The maximum Gasteiger partial charge on any atom is 0.137 e. The number of nitrogens with one attached hydrogen (secondary N) is 1. The predicted octanol–water partition coefficient (Wildman–Crippen LogP) is 3.54. The van der Waals surface area contributed by atoms with E-state index in [0.717, 1.165) is 28.7 Å². The van der Waals surface area contributed by atoms with Crippen LogP contribution >= 0.6 is 11.6 Å². The molecule has 0 aliphatic rings. The Hall–Kier alpha value is -2.27. The fraction of sp³-hybridized carbons (Fsp3) is 0.200. The summed E-state index contributed by atoms with van der Waals surface area (Å²) in [5.74, 6) is 1.53. The topological polar surface area (TPSA) is 60.2 Å². The summed E-state index contributed by atoms with van der Waals surface area (Å²) in [6, 6.07) is 7.62. The largest absolute Gasteiger partial charge is 0.496 e. The minimum Gasteiger partial charge on any atom is -0.496 e. The van der Waals surface area contributed by atoms with E-state index in [4.69, 9.17) is 20.8 Å². The van der Waals surface area contributed by atoms with Crippen LogP contribution < -0.4 is 10.1 Å². The molecule has 0 unspecified atom stereocenters. The van der Waals surface area contributed by atoms with Gasteiger partial charge >= 0.3 is 0 Å². The van der Waals surface area contributed by atoms with Crippen LogP contribution in [0.3, 0.4) is 0 Å². The van der Waals surface area contributed by atoms with Crippen molar-refractivity contribution in [3.8, 4) is 5.75 Å². The van der Waals surface area contributed by atoms with Crippen LogP contribution in [-0.4, -0.2) is 23.6 Å². The summed E-state index contributed by atoms with van der Waals surface area (Å²) in [7, 11) is 1.66. The summed E-state index contributed by atoms with van der Waals surface area (Å²) >= 11 is 5.82. The van der Waals surface area contributed by atoms with Crippen LogP contribution in [0.4, 0.5) is 5.82 Å². The molecule has 0 aliphatic carbocycles. The molecule has 0 bridgehead atoms. The Morgan fingerprint density at radius 3 is 3.00 bits per heavy atom. The Kier molecular flexibility index (Phi) is 3.92. The second-order valence-corrected chi connectivity index (χ2v) is 4.91. The predicted molar refractivity (Wildman–Crippen MR) is 82.0 cm³/mol. The lowest BCUT2D eigenvalue weighted by atomic mass is 10.1. The number of ether oxygens (including phenoxy) is 1. The summed E-state index contributed by atoms with van der Waals surface area (Å²) in [6.45, 7) is 0.715. The van der Waals surface area contributed by atoms with Crippen LogP contribution in [0.5, 0.6) is 5.75 Å². The third-order valence-corrected chi connectivity index (χ3v) is 3.40. The van der Waals surface area contributed by atoms with Gasteiger partial charge in [0.25, 0.3) is 0 Å². The average molecular weight is 304 g/mol. The Balaban J connectivity index is 1.72. The first kappa shape index (κ1) is 13.7. The van der Waals surface area contributed by atoms with Gasteiger partial charge in [0, 0.05) is 24.1 Å². The number of halogens is 1. The number of rotatable bonds is 5. The fourth-order valence-corrected chi connectivity index (χ4v) is 2.33. The van der Waals surface area contributed by atoms with E-state index in [2.05, 4.69) is 21.4 Å². The van der Waals surface area contributed by atoms with Crippen LogP contribution in [0.25, 0.3) is 11.0 Å². The van der Waals surface area contributed by atoms with Crippen molar-refractivity contribution in [2.24, 2.45) is 0 Å². The van der Waals surface area contributed by atoms with Gasteiger partial charge in [0.1, 0.15) is 28.6 Å². The quantitative estimate of drug-likeness (QED) is 0.731. The van der Waals surface area contributed by atoms with Gasteiger partial charge in [-0.05, 0) is 24.1 Å². The molecule has 2 heterocycles. The molecule has 108 valence electrons. The summed E-state index contributed by atoms with van der Waals surface area (Å²) < 4.78 is 10.8. The molecule has 2 aromatic heterocycles. The first-order valence-corrected chi connectivity index (χ1v) is 6.89. The number of fused-ring (bicyclic) bond motifs is 1. The highest BCUT2D eigenvalue weighted by Crippen LogP contribution is 2.27. The van der Waals surface area contributed by atoms with E-state index in [1.165, 1.54) is 6.33 Å². The van der Waals surface area contributed by atoms with Gasteiger partial charge in [0.2, 0.25) is 0 Å². The molecular formula is C15H14ClN3O2. The smallest absolute Gasteiger partial charge is 0.137 e. The van der Waals surface area contributed by atoms with Gasteiger partial charge in [-0.3, -0.25) is 0 Å². The number of furan rings is 1. The zero-order valence-electron chi connectivity index (χ0n) is 11.5. The molecule has 1 aromatic carbocycles. The highest BCUT2D eigenvalue weighted by molar-refractivity contribution is 6.29. The third-order valence-electron chi connectivity index (χ3n) is 3.19. The van der Waals surface area contributed by atoms with Crippen molar-refractivity contribution in [3.05, 3.63) is 47.6 Å². The summed E-state index contributed by atoms with van der Waals surface area (Å²) in [5, 5.41) is 4.70. The highest BCUT2D eigenvalue weighted by Gasteiger charge is 2.07. The van der Waals surface area contributed by atoms with Crippen LogP contribution in [0.15, 0.2) is 41.3 Å². The molecule has 0 spiro atoms. The molecule has 0 atom stereocenters. The SMILES string of the molecule is COc1cc2occc2cc1CCNc1cc(Cl)ncn1. The maximum atomic E-state index is 5.82. The van der Waals surface area contributed by atoms with E-state index in [1.54, 1.807) is 19.4 Å². The molecule has 21 heavy (non-hydrogen) atoms. The lowest BCUT2D eigenvalue weighted by Crippen LogP contribution is -2.07. The van der Waals surface area contributed by atoms with Crippen molar-refractivity contribution in [2.75, 3.05) is 19.0 Å². The number of aromatic nitrogens is 2. The maximum absolute atomic E-state index is 5.82. The molecule has 1 N–H and O–H groups in total. The summed E-state index contributed by atoms with van der Waals surface area (Å²) in [5.41, 5.74) is 1.94. The molecular weight excluding hydrogens is 290 g/mol. The zero-order valence-corrected chi connectivity index (χ0v) is 12.2. The average Bonchev–Trinajstić information content (AvgIpc) is 2.93. The van der Waals surface area contributed by atoms with E-state index in [-0.39, 0.29) is 0 Å². The molecule has 3 rings (SSSR count). The van der Waals surface area contributed by atoms with Crippen molar-refractivity contribution in [2.45, 2.75) is 6.42 Å². The van der Waals surface area contributed by atoms with Crippen molar-refractivity contribution in [3.63, 3.8) is 0 Å². The molecule has 3 aromatic rings. The normalized spacial score (nSPS) is 10.8. The van der Waals surface area contributed by atoms with Gasteiger partial charge < -0.3 is 14.5 Å². The fourth-order valence-electron chi connectivity index (χ4n) is 2.18. The molecule has 0 saturated heterocycles. The van der Waals surface area contributed by atoms with E-state index in [1.807, 2.05) is 12.1 Å². The van der Waals surface area contributed by atoms with Crippen LogP contribution in [-0.2, 0) is 6.42 Å². The lowest BCUT2D eigenvalue weighted by Gasteiger charge is -2.10. The standard InChI is InChI=1S/C15H14ClN3O2/c1-20-12-7-13-11(3-5-21-13)6-10(12)2-4-17-15-8-14(16)18-9-19-15/h3,5-9H,2,4H2,1H3,(H,17,18,19). The number of nitrogens with zero attached hydrogens (tertiary/aromatic N) is 2. The molecule has 0 amide bonds. The first-order valence-electron chi connectivity index (χ1n) is 6.52. The lowest BCUT2D eigenvalue weighted by molar-refractivity contribution is 0.409. The summed E-state index contributed by atoms with van der Waals surface area (Å²) in [4.78, 5) is 7.95. The van der Waals surface area contributed by atoms with E-state index < -0.39 is 0 Å². The van der Waals surface area contributed by atoms with Gasteiger partial charge in [-0.15, -0.1) is 0 Å². The van der Waals surface area contributed by atoms with Gasteiger partial charge in [-0.2, -0.15) is 0 Å². The summed E-state index contributed by atoms with van der Waals surface area (Å²) in [6.07, 6.45) is 3.91. The number of benzene rings is 1. The monoisotopic (exact) mass is 303 g/mol. The number of methoxy groups -OCH3 is 1. The van der Waals surface area contributed by atoms with E-state index in [0.29, 0.717) is 17.5 Å². The van der Waals surface area contributed by atoms with Gasteiger partial charge in [0.15, 0.2) is 0 Å². The zero-order chi connectivity index (χ0) is 14.7. The van der Waals surface area contributed by atoms with Crippen molar-refractivity contribution >= 4 is 28.4 Å².